The van der Waals surface area contributed by atoms with Crippen LogP contribution in [0.5, 0.6) is 0 Å². The number of aromatic nitrogens is 2. The maximum absolute atomic E-state index is 5.63. The number of benzene rings is 1. The largest absolute Gasteiger partial charge is 0.342 e. The van der Waals surface area contributed by atoms with Crippen molar-refractivity contribution >= 4 is 39.1 Å². The van der Waals surface area contributed by atoms with Gasteiger partial charge in [0, 0.05) is 35.9 Å². The van der Waals surface area contributed by atoms with Crippen LogP contribution in [-0.2, 0) is 12.1 Å². The van der Waals surface area contributed by atoms with Crippen LogP contribution in [0.3, 0.4) is 0 Å². The molecule has 0 aliphatic carbocycles. The molecule has 124 valence electrons. The number of nitrogens with zero attached hydrogens (tertiary/aromatic N) is 4. The number of hydrogen-bond acceptors (Lipinski definition) is 3. The Balaban J connectivity index is 1.96. The van der Waals surface area contributed by atoms with E-state index in [-0.39, 0.29) is 0 Å². The van der Waals surface area contributed by atoms with Crippen LogP contribution >= 0.6 is 28.1 Å². The molecule has 1 aromatic heterocycles. The minimum atomic E-state index is -0.575. The Labute approximate surface area is 154 Å². The molecule has 5 nitrogen and oxygen atoms in total. The fourth-order valence-corrected chi connectivity index (χ4v) is 4.16. The van der Waals surface area contributed by atoms with E-state index in [1.807, 2.05) is 23.0 Å². The number of aryl methyl sites for hydroxylation is 1. The monoisotopic (exact) mass is 403 g/mol. The predicted molar refractivity (Wildman–Crippen MR) is 102 cm³/mol. The Hall–Kier alpha value is -1.73. The molecule has 2 aromatic rings. The molecule has 7 heteroatoms. The third-order valence-corrected chi connectivity index (χ3v) is 5.40. The minimum absolute atomic E-state index is 0.575. The molecular formula is C17H18BrN5S. The summed E-state index contributed by atoms with van der Waals surface area (Å²) in [7, 11) is 0. The van der Waals surface area contributed by atoms with E-state index in [1.54, 1.807) is 0 Å². The van der Waals surface area contributed by atoms with Crippen molar-refractivity contribution < 1.29 is 0 Å². The van der Waals surface area contributed by atoms with Crippen LogP contribution < -0.4 is 5.32 Å². The molecule has 0 radical (unpaired) electrons. The molecule has 1 saturated heterocycles. The highest BCUT2D eigenvalue weighted by Gasteiger charge is 2.51. The summed E-state index contributed by atoms with van der Waals surface area (Å²) in [4.78, 5) is 6.98. The Morgan fingerprint density at radius 3 is 3.00 bits per heavy atom. The van der Waals surface area contributed by atoms with Crippen LogP contribution in [0.25, 0.3) is 0 Å². The fourth-order valence-electron chi connectivity index (χ4n) is 3.43. The Morgan fingerprint density at radius 2 is 2.25 bits per heavy atom. The van der Waals surface area contributed by atoms with Crippen molar-refractivity contribution in [3.63, 3.8) is 0 Å². The highest BCUT2D eigenvalue weighted by molar-refractivity contribution is 9.10. The number of aliphatic imine (C=N–C) groups is 1. The van der Waals surface area contributed by atoms with Gasteiger partial charge in [-0.15, -0.1) is 0 Å². The SMILES string of the molecule is CCn1cc(C2(c3cccc(Br)c3)NC(=S)N3CCCN=C32)cn1. The van der Waals surface area contributed by atoms with Crippen LogP contribution in [0.2, 0.25) is 0 Å². The molecule has 2 aliphatic heterocycles. The number of fused-ring (bicyclic) bond motifs is 1. The van der Waals surface area contributed by atoms with Gasteiger partial charge >= 0.3 is 0 Å². The normalized spacial score (nSPS) is 23.0. The van der Waals surface area contributed by atoms with Gasteiger partial charge in [-0.1, -0.05) is 28.1 Å². The number of hydrogen-bond donors (Lipinski definition) is 1. The third kappa shape index (κ3) is 2.29. The van der Waals surface area contributed by atoms with Crippen LogP contribution in [-0.4, -0.2) is 38.7 Å². The fraction of sp³-hybridized carbons (Fsp3) is 0.353. The molecule has 0 saturated carbocycles. The first kappa shape index (κ1) is 15.8. The van der Waals surface area contributed by atoms with E-state index in [1.165, 1.54) is 0 Å². The van der Waals surface area contributed by atoms with Gasteiger partial charge in [0.05, 0.1) is 6.20 Å². The van der Waals surface area contributed by atoms with E-state index in [0.717, 1.165) is 52.6 Å². The van der Waals surface area contributed by atoms with Crippen LogP contribution in [0.1, 0.15) is 24.5 Å². The Morgan fingerprint density at radius 1 is 1.38 bits per heavy atom. The highest BCUT2D eigenvalue weighted by Crippen LogP contribution is 2.38. The second-order valence-electron chi connectivity index (χ2n) is 5.99. The van der Waals surface area contributed by atoms with Crippen molar-refractivity contribution in [1.29, 1.82) is 0 Å². The van der Waals surface area contributed by atoms with Crippen molar-refractivity contribution in [3.8, 4) is 0 Å². The maximum atomic E-state index is 5.63. The molecule has 2 aliphatic rings. The number of rotatable bonds is 3. The number of nitrogens with one attached hydrogen (secondary N) is 1. The van der Waals surface area contributed by atoms with Crippen molar-refractivity contribution in [2.75, 3.05) is 13.1 Å². The molecular weight excluding hydrogens is 386 g/mol. The van der Waals surface area contributed by atoms with Gasteiger partial charge in [0.15, 0.2) is 10.7 Å². The van der Waals surface area contributed by atoms with Crippen molar-refractivity contribution in [2.24, 2.45) is 4.99 Å². The molecule has 0 bridgehead atoms. The summed E-state index contributed by atoms with van der Waals surface area (Å²) < 4.78 is 2.97. The smallest absolute Gasteiger partial charge is 0.175 e. The summed E-state index contributed by atoms with van der Waals surface area (Å²) in [6.45, 7) is 4.64. The van der Waals surface area contributed by atoms with Gasteiger partial charge in [0.2, 0.25) is 0 Å². The zero-order valence-electron chi connectivity index (χ0n) is 13.4. The number of halogens is 1. The first-order valence-corrected chi connectivity index (χ1v) is 9.29. The molecule has 4 rings (SSSR count). The lowest BCUT2D eigenvalue weighted by atomic mass is 9.83. The quantitative estimate of drug-likeness (QED) is 0.800. The van der Waals surface area contributed by atoms with Crippen LogP contribution in [0.4, 0.5) is 0 Å². The second-order valence-corrected chi connectivity index (χ2v) is 7.29. The summed E-state index contributed by atoms with van der Waals surface area (Å²) >= 11 is 9.22. The zero-order chi connectivity index (χ0) is 16.7. The molecule has 1 fully saturated rings. The van der Waals surface area contributed by atoms with Crippen molar-refractivity contribution in [2.45, 2.75) is 25.4 Å². The summed E-state index contributed by atoms with van der Waals surface area (Å²) in [5.41, 5.74) is 1.60. The Bertz CT molecular complexity index is 830. The zero-order valence-corrected chi connectivity index (χ0v) is 15.8. The topological polar surface area (TPSA) is 45.5 Å². The molecule has 1 aromatic carbocycles. The first-order valence-electron chi connectivity index (χ1n) is 8.08. The Kier molecular flexibility index (Phi) is 3.92. The van der Waals surface area contributed by atoms with E-state index in [9.17, 15) is 0 Å². The number of thiocarbonyl (C=S) groups is 1. The lowest BCUT2D eigenvalue weighted by Gasteiger charge is -2.32. The average Bonchev–Trinajstić information content (AvgIpc) is 3.19. The number of amidine groups is 1. The van der Waals surface area contributed by atoms with Gasteiger partial charge in [-0.2, -0.15) is 5.10 Å². The van der Waals surface area contributed by atoms with Gasteiger partial charge in [-0.3, -0.25) is 9.67 Å². The lowest BCUT2D eigenvalue weighted by molar-refractivity contribution is 0.544. The summed E-state index contributed by atoms with van der Waals surface area (Å²) in [5.74, 6) is 0.979. The van der Waals surface area contributed by atoms with Gasteiger partial charge in [-0.25, -0.2) is 0 Å². The maximum Gasteiger partial charge on any atom is 0.175 e. The first-order chi connectivity index (χ1) is 11.6. The standard InChI is InChI=1S/C17H18BrN5S/c1-2-22-11-13(10-20-22)17(12-5-3-6-14(18)9-12)15-19-7-4-8-23(15)16(24)21-17/h3,5-6,9-11H,2,4,7-8H2,1H3,(H,21,24). The predicted octanol–water partition coefficient (Wildman–Crippen LogP) is 2.90. The molecule has 3 heterocycles. The van der Waals surface area contributed by atoms with Gasteiger partial charge < -0.3 is 10.2 Å². The molecule has 1 N–H and O–H groups in total. The summed E-state index contributed by atoms with van der Waals surface area (Å²) in [6, 6.07) is 8.31. The van der Waals surface area contributed by atoms with Crippen LogP contribution in [0, 0.1) is 0 Å². The van der Waals surface area contributed by atoms with E-state index < -0.39 is 5.54 Å². The molecule has 0 spiro atoms. The van der Waals surface area contributed by atoms with E-state index in [4.69, 9.17) is 17.2 Å². The van der Waals surface area contributed by atoms with Crippen molar-refractivity contribution in [3.05, 3.63) is 52.3 Å². The summed E-state index contributed by atoms with van der Waals surface area (Å²) in [5, 5.41) is 8.78. The minimum Gasteiger partial charge on any atom is -0.342 e. The summed E-state index contributed by atoms with van der Waals surface area (Å²) in [6.07, 6.45) is 5.02. The van der Waals surface area contributed by atoms with E-state index in [0.29, 0.717) is 0 Å². The average molecular weight is 404 g/mol. The molecule has 1 atom stereocenters. The van der Waals surface area contributed by atoms with E-state index in [2.05, 4.69) is 56.5 Å². The van der Waals surface area contributed by atoms with Gasteiger partial charge in [0.1, 0.15) is 5.84 Å². The lowest BCUT2D eigenvalue weighted by Crippen LogP contribution is -2.46. The van der Waals surface area contributed by atoms with Gasteiger partial charge in [0.25, 0.3) is 0 Å². The second kappa shape index (κ2) is 5.97. The van der Waals surface area contributed by atoms with Gasteiger partial charge in [-0.05, 0) is 43.3 Å². The highest BCUT2D eigenvalue weighted by atomic mass is 79.9. The molecule has 1 unspecified atom stereocenters. The molecule has 24 heavy (non-hydrogen) atoms. The molecule has 0 amide bonds. The van der Waals surface area contributed by atoms with Crippen LogP contribution in [0.15, 0.2) is 46.1 Å². The third-order valence-electron chi connectivity index (χ3n) is 4.58. The van der Waals surface area contributed by atoms with Crippen molar-refractivity contribution in [1.82, 2.24) is 20.0 Å². The van der Waals surface area contributed by atoms with E-state index >= 15 is 0 Å².